The fraction of sp³-hybridized carbons (Fsp3) is 0.462. The number of carbonyl (C=O) groups is 1. The van der Waals surface area contributed by atoms with Crippen LogP contribution in [0.4, 0.5) is 5.69 Å². The number of hydrogen-bond acceptors (Lipinski definition) is 2. The molecule has 0 unspecified atom stereocenters. The second-order valence-corrected chi connectivity index (χ2v) is 4.21. The Balaban J connectivity index is 2.08. The van der Waals surface area contributed by atoms with Gasteiger partial charge in [-0.05, 0) is 42.6 Å². The van der Waals surface area contributed by atoms with Crippen molar-refractivity contribution in [1.29, 1.82) is 0 Å². The molecule has 0 aliphatic carbocycles. The molecule has 1 aliphatic rings. The Morgan fingerprint density at radius 1 is 1.44 bits per heavy atom. The SMILES string of the molecule is CCCC(=O)Nc1ccc2c(c1)CNCC2. The van der Waals surface area contributed by atoms with Gasteiger partial charge in [0.05, 0.1) is 0 Å². The lowest BCUT2D eigenvalue weighted by Crippen LogP contribution is -2.23. The van der Waals surface area contributed by atoms with E-state index < -0.39 is 0 Å². The summed E-state index contributed by atoms with van der Waals surface area (Å²) in [6.45, 7) is 3.97. The van der Waals surface area contributed by atoms with Gasteiger partial charge in [0.25, 0.3) is 0 Å². The average Bonchev–Trinajstić information content (AvgIpc) is 2.29. The first-order valence-electron chi connectivity index (χ1n) is 5.92. The maximum atomic E-state index is 11.5. The van der Waals surface area contributed by atoms with Crippen molar-refractivity contribution in [2.24, 2.45) is 0 Å². The van der Waals surface area contributed by atoms with Gasteiger partial charge in [-0.15, -0.1) is 0 Å². The topological polar surface area (TPSA) is 41.1 Å². The lowest BCUT2D eigenvalue weighted by atomic mass is 10.0. The van der Waals surface area contributed by atoms with Gasteiger partial charge >= 0.3 is 0 Å². The summed E-state index contributed by atoms with van der Waals surface area (Å²) in [5, 5.41) is 6.26. The Kier molecular flexibility index (Phi) is 3.57. The quantitative estimate of drug-likeness (QED) is 0.815. The molecule has 0 bridgehead atoms. The molecule has 1 aromatic carbocycles. The molecule has 2 N–H and O–H groups in total. The lowest BCUT2D eigenvalue weighted by molar-refractivity contribution is -0.116. The molecule has 1 aromatic rings. The van der Waals surface area contributed by atoms with E-state index in [0.29, 0.717) is 6.42 Å². The standard InChI is InChI=1S/C13H18N2O/c1-2-3-13(16)15-12-5-4-10-6-7-14-9-11(10)8-12/h4-5,8,14H,2-3,6-7,9H2,1H3,(H,15,16). The summed E-state index contributed by atoms with van der Waals surface area (Å²) in [5.74, 6) is 0.103. The van der Waals surface area contributed by atoms with Crippen molar-refractivity contribution >= 4 is 11.6 Å². The molecule has 0 fully saturated rings. The van der Waals surface area contributed by atoms with Gasteiger partial charge in [0.1, 0.15) is 0 Å². The zero-order valence-corrected chi connectivity index (χ0v) is 9.68. The lowest BCUT2D eigenvalue weighted by Gasteiger charge is -2.18. The highest BCUT2D eigenvalue weighted by molar-refractivity contribution is 5.90. The van der Waals surface area contributed by atoms with Crippen LogP contribution in [0, 0.1) is 0 Å². The smallest absolute Gasteiger partial charge is 0.224 e. The van der Waals surface area contributed by atoms with Crippen molar-refractivity contribution in [3.63, 3.8) is 0 Å². The van der Waals surface area contributed by atoms with Gasteiger partial charge in [0.15, 0.2) is 0 Å². The van der Waals surface area contributed by atoms with E-state index in [9.17, 15) is 4.79 Å². The van der Waals surface area contributed by atoms with Crippen LogP contribution in [-0.4, -0.2) is 12.5 Å². The molecule has 3 nitrogen and oxygen atoms in total. The number of rotatable bonds is 3. The van der Waals surface area contributed by atoms with E-state index in [4.69, 9.17) is 0 Å². The Bertz CT molecular complexity index is 388. The molecule has 0 spiro atoms. The van der Waals surface area contributed by atoms with Crippen LogP contribution in [0.1, 0.15) is 30.9 Å². The molecule has 0 radical (unpaired) electrons. The fourth-order valence-corrected chi connectivity index (χ4v) is 2.01. The van der Waals surface area contributed by atoms with Crippen LogP contribution in [0.2, 0.25) is 0 Å². The van der Waals surface area contributed by atoms with E-state index in [1.54, 1.807) is 0 Å². The number of nitrogens with one attached hydrogen (secondary N) is 2. The van der Waals surface area contributed by atoms with Crippen LogP contribution in [0.15, 0.2) is 18.2 Å². The summed E-state index contributed by atoms with van der Waals surface area (Å²) in [4.78, 5) is 11.5. The molecule has 2 rings (SSSR count). The predicted octanol–water partition coefficient (Wildman–Crippen LogP) is 2.07. The van der Waals surface area contributed by atoms with Crippen LogP contribution in [0.5, 0.6) is 0 Å². The van der Waals surface area contributed by atoms with Crippen molar-refractivity contribution < 1.29 is 4.79 Å². The van der Waals surface area contributed by atoms with Crippen LogP contribution in [0.25, 0.3) is 0 Å². The molecule has 1 aliphatic heterocycles. The number of amides is 1. The van der Waals surface area contributed by atoms with E-state index in [0.717, 1.165) is 31.6 Å². The van der Waals surface area contributed by atoms with E-state index in [1.807, 2.05) is 13.0 Å². The zero-order valence-electron chi connectivity index (χ0n) is 9.68. The minimum Gasteiger partial charge on any atom is -0.326 e. The Hall–Kier alpha value is -1.35. The number of benzene rings is 1. The van der Waals surface area contributed by atoms with Gasteiger partial charge in [-0.1, -0.05) is 13.0 Å². The monoisotopic (exact) mass is 218 g/mol. The van der Waals surface area contributed by atoms with Crippen molar-refractivity contribution in [3.05, 3.63) is 29.3 Å². The Labute approximate surface area is 96.2 Å². The normalized spacial score (nSPS) is 14.3. The third kappa shape index (κ3) is 2.61. The van der Waals surface area contributed by atoms with Crippen LogP contribution in [0.3, 0.4) is 0 Å². The minimum atomic E-state index is 0.103. The molecule has 86 valence electrons. The molecular weight excluding hydrogens is 200 g/mol. The summed E-state index contributed by atoms with van der Waals surface area (Å²) in [6.07, 6.45) is 2.56. The maximum absolute atomic E-state index is 11.5. The first kappa shape index (κ1) is 11.1. The molecule has 3 heteroatoms. The third-order valence-corrected chi connectivity index (χ3v) is 2.85. The second kappa shape index (κ2) is 5.12. The van der Waals surface area contributed by atoms with Gasteiger partial charge in [-0.2, -0.15) is 0 Å². The maximum Gasteiger partial charge on any atom is 0.224 e. The van der Waals surface area contributed by atoms with E-state index in [1.165, 1.54) is 11.1 Å². The molecule has 16 heavy (non-hydrogen) atoms. The average molecular weight is 218 g/mol. The summed E-state index contributed by atoms with van der Waals surface area (Å²) < 4.78 is 0. The summed E-state index contributed by atoms with van der Waals surface area (Å²) in [5.41, 5.74) is 3.62. The van der Waals surface area contributed by atoms with Crippen LogP contribution >= 0.6 is 0 Å². The highest BCUT2D eigenvalue weighted by Crippen LogP contribution is 2.19. The molecule has 0 atom stereocenters. The van der Waals surface area contributed by atoms with E-state index in [-0.39, 0.29) is 5.91 Å². The first-order chi connectivity index (χ1) is 7.79. The molecule has 0 saturated carbocycles. The first-order valence-corrected chi connectivity index (χ1v) is 5.92. The second-order valence-electron chi connectivity index (χ2n) is 4.21. The highest BCUT2D eigenvalue weighted by atomic mass is 16.1. The van der Waals surface area contributed by atoms with Gasteiger partial charge in [0, 0.05) is 18.7 Å². The highest BCUT2D eigenvalue weighted by Gasteiger charge is 2.09. The predicted molar refractivity (Wildman–Crippen MR) is 65.4 cm³/mol. The molecule has 1 heterocycles. The summed E-state index contributed by atoms with van der Waals surface area (Å²) >= 11 is 0. The zero-order chi connectivity index (χ0) is 11.4. The summed E-state index contributed by atoms with van der Waals surface area (Å²) in [7, 11) is 0. The number of fused-ring (bicyclic) bond motifs is 1. The van der Waals surface area contributed by atoms with Crippen molar-refractivity contribution in [1.82, 2.24) is 5.32 Å². The minimum absolute atomic E-state index is 0.103. The van der Waals surface area contributed by atoms with Gasteiger partial charge < -0.3 is 10.6 Å². The van der Waals surface area contributed by atoms with Gasteiger partial charge in [-0.25, -0.2) is 0 Å². The Morgan fingerprint density at radius 3 is 3.12 bits per heavy atom. The third-order valence-electron chi connectivity index (χ3n) is 2.85. The number of carbonyl (C=O) groups excluding carboxylic acids is 1. The van der Waals surface area contributed by atoms with Crippen molar-refractivity contribution in [2.75, 3.05) is 11.9 Å². The molecular formula is C13H18N2O. The van der Waals surface area contributed by atoms with Crippen LogP contribution in [-0.2, 0) is 17.8 Å². The van der Waals surface area contributed by atoms with Gasteiger partial charge in [-0.3, -0.25) is 4.79 Å². The van der Waals surface area contributed by atoms with Gasteiger partial charge in [0.2, 0.25) is 5.91 Å². The van der Waals surface area contributed by atoms with Crippen molar-refractivity contribution in [3.8, 4) is 0 Å². The Morgan fingerprint density at radius 2 is 2.31 bits per heavy atom. The van der Waals surface area contributed by atoms with E-state index >= 15 is 0 Å². The molecule has 1 amide bonds. The van der Waals surface area contributed by atoms with Crippen LogP contribution < -0.4 is 10.6 Å². The molecule has 0 saturated heterocycles. The fourth-order valence-electron chi connectivity index (χ4n) is 2.01. The summed E-state index contributed by atoms with van der Waals surface area (Å²) in [6, 6.07) is 6.20. The van der Waals surface area contributed by atoms with E-state index in [2.05, 4.69) is 22.8 Å². The number of anilines is 1. The largest absolute Gasteiger partial charge is 0.326 e. The molecule has 0 aromatic heterocycles. The van der Waals surface area contributed by atoms with Crippen molar-refractivity contribution in [2.45, 2.75) is 32.7 Å². The number of hydrogen-bond donors (Lipinski definition) is 2.